The molecule has 1 amide bonds. The molecule has 0 saturated carbocycles. The highest BCUT2D eigenvalue weighted by atomic mass is 16.6. The number of nitrogens with zero attached hydrogens (tertiary/aromatic N) is 1. The number of rotatable bonds is 2. The summed E-state index contributed by atoms with van der Waals surface area (Å²) in [5.74, 6) is 0. The molecule has 0 aliphatic heterocycles. The van der Waals surface area contributed by atoms with E-state index in [4.69, 9.17) is 12.6 Å². The summed E-state index contributed by atoms with van der Waals surface area (Å²) in [7, 11) is 6.95. The fourth-order valence-electron chi connectivity index (χ4n) is 0.625. The van der Waals surface area contributed by atoms with Gasteiger partial charge in [0.25, 0.3) is 0 Å². The summed E-state index contributed by atoms with van der Waals surface area (Å²) >= 11 is 0. The van der Waals surface area contributed by atoms with Crippen LogP contribution in [-0.2, 0) is 4.74 Å². The Balaban J connectivity index is 3.87. The molecule has 0 fully saturated rings. The minimum absolute atomic E-state index is 0.326. The molecule has 0 bridgehead atoms. The summed E-state index contributed by atoms with van der Waals surface area (Å²) in [6.07, 6.45) is 0.128. The summed E-state index contributed by atoms with van der Waals surface area (Å²) in [5, 5.41) is 0. The van der Waals surface area contributed by atoms with Crippen molar-refractivity contribution in [2.45, 2.75) is 32.7 Å². The number of hydrogen-bond acceptors (Lipinski definition) is 2. The van der Waals surface area contributed by atoms with Gasteiger partial charge < -0.3 is 9.64 Å². The lowest BCUT2D eigenvalue weighted by Crippen LogP contribution is -2.34. The highest BCUT2D eigenvalue weighted by Crippen LogP contribution is 2.08. The molecule has 12 heavy (non-hydrogen) atoms. The summed E-state index contributed by atoms with van der Waals surface area (Å²) in [6.45, 7) is 6.03. The van der Waals surface area contributed by atoms with Gasteiger partial charge in [0.2, 0.25) is 0 Å². The Kier molecular flexibility index (Phi) is 4.14. The van der Waals surface area contributed by atoms with Gasteiger partial charge in [0.15, 0.2) is 0 Å². The van der Waals surface area contributed by atoms with E-state index in [1.807, 2.05) is 20.8 Å². The fraction of sp³-hybridized carbons (Fsp3) is 0.875. The van der Waals surface area contributed by atoms with E-state index in [1.54, 1.807) is 7.05 Å². The lowest BCUT2D eigenvalue weighted by atomic mass is 10.1. The first-order valence-corrected chi connectivity index (χ1v) is 4.01. The third kappa shape index (κ3) is 5.05. The summed E-state index contributed by atoms with van der Waals surface area (Å²) in [5.41, 5.74) is -0.431. The normalized spacial score (nSPS) is 11.0. The number of carbonyl (C=O) groups excluding carboxylic acids is 1. The zero-order valence-electron chi connectivity index (χ0n) is 8.26. The van der Waals surface area contributed by atoms with E-state index in [9.17, 15) is 4.79 Å². The number of hydrogen-bond donors (Lipinski definition) is 0. The average molecular weight is 169 g/mol. The average Bonchev–Trinajstić information content (AvgIpc) is 1.84. The number of ether oxygens (including phenoxy) is 1. The van der Waals surface area contributed by atoms with Crippen molar-refractivity contribution in [3.8, 4) is 0 Å². The van der Waals surface area contributed by atoms with Crippen molar-refractivity contribution >= 4 is 13.9 Å². The Morgan fingerprint density at radius 3 is 2.33 bits per heavy atom. The number of carbonyl (C=O) groups is 1. The van der Waals surface area contributed by atoms with E-state index in [0.29, 0.717) is 12.9 Å². The third-order valence-electron chi connectivity index (χ3n) is 1.17. The Hall–Kier alpha value is -0.665. The zero-order chi connectivity index (χ0) is 9.78. The molecule has 0 saturated heterocycles. The topological polar surface area (TPSA) is 29.5 Å². The highest BCUT2D eigenvalue weighted by Gasteiger charge is 2.18. The molecule has 0 N–H and O–H groups in total. The minimum Gasteiger partial charge on any atom is -0.444 e. The van der Waals surface area contributed by atoms with Gasteiger partial charge in [0, 0.05) is 13.6 Å². The van der Waals surface area contributed by atoms with Gasteiger partial charge in [-0.05, 0) is 20.8 Å². The maximum atomic E-state index is 11.2. The van der Waals surface area contributed by atoms with E-state index in [1.165, 1.54) is 4.90 Å². The van der Waals surface area contributed by atoms with Crippen LogP contribution < -0.4 is 0 Å². The van der Waals surface area contributed by atoms with Crippen LogP contribution in [0.25, 0.3) is 0 Å². The fourth-order valence-corrected chi connectivity index (χ4v) is 0.625. The predicted octanol–water partition coefficient (Wildman–Crippen LogP) is 1.44. The molecular weight excluding hydrogens is 153 g/mol. The van der Waals surface area contributed by atoms with Crippen LogP contribution in [0.2, 0.25) is 6.32 Å². The largest absolute Gasteiger partial charge is 0.444 e. The van der Waals surface area contributed by atoms with Crippen LogP contribution in [0.4, 0.5) is 4.79 Å². The first-order valence-electron chi connectivity index (χ1n) is 4.01. The van der Waals surface area contributed by atoms with Gasteiger partial charge in [0.1, 0.15) is 5.60 Å². The quantitative estimate of drug-likeness (QED) is 0.585. The molecule has 0 atom stereocenters. The van der Waals surface area contributed by atoms with E-state index in [-0.39, 0.29) is 6.09 Å². The van der Waals surface area contributed by atoms with Gasteiger partial charge in [-0.3, -0.25) is 0 Å². The molecule has 2 radical (unpaired) electrons. The standard InChI is InChI=1S/C8H16BNO2/c1-8(2,3)12-7(11)10(4)6-5-9/h5-6H2,1-4H3. The smallest absolute Gasteiger partial charge is 0.409 e. The maximum absolute atomic E-state index is 11.2. The minimum atomic E-state index is -0.431. The van der Waals surface area contributed by atoms with Crippen molar-refractivity contribution in [3.63, 3.8) is 0 Å². The summed E-state index contributed by atoms with van der Waals surface area (Å²) in [6, 6.07) is 0. The second kappa shape index (κ2) is 4.38. The molecule has 0 aromatic carbocycles. The van der Waals surface area contributed by atoms with Gasteiger partial charge in [-0.25, -0.2) is 4.79 Å². The van der Waals surface area contributed by atoms with Crippen molar-refractivity contribution in [1.29, 1.82) is 0 Å². The molecular formula is C8H16BNO2. The van der Waals surface area contributed by atoms with E-state index < -0.39 is 5.60 Å². The second-order valence-corrected chi connectivity index (χ2v) is 3.69. The lowest BCUT2D eigenvalue weighted by molar-refractivity contribution is 0.0308. The van der Waals surface area contributed by atoms with Crippen LogP contribution in [0.1, 0.15) is 20.8 Å². The van der Waals surface area contributed by atoms with Crippen LogP contribution >= 0.6 is 0 Å². The van der Waals surface area contributed by atoms with Crippen molar-refractivity contribution in [2.75, 3.05) is 13.6 Å². The molecule has 0 aromatic rings. The van der Waals surface area contributed by atoms with Gasteiger partial charge in [-0.15, -0.1) is 0 Å². The van der Waals surface area contributed by atoms with E-state index in [0.717, 1.165) is 0 Å². The lowest BCUT2D eigenvalue weighted by Gasteiger charge is -2.24. The molecule has 68 valence electrons. The maximum Gasteiger partial charge on any atom is 0.409 e. The summed E-state index contributed by atoms with van der Waals surface area (Å²) in [4.78, 5) is 12.7. The Bertz CT molecular complexity index is 154. The molecule has 4 heteroatoms. The van der Waals surface area contributed by atoms with Crippen molar-refractivity contribution in [2.24, 2.45) is 0 Å². The van der Waals surface area contributed by atoms with Gasteiger partial charge in [0.05, 0.1) is 7.85 Å². The van der Waals surface area contributed by atoms with Crippen molar-refractivity contribution in [1.82, 2.24) is 4.90 Å². The molecule has 0 unspecified atom stereocenters. The number of amides is 1. The van der Waals surface area contributed by atoms with Gasteiger partial charge in [-0.1, -0.05) is 6.32 Å². The highest BCUT2D eigenvalue weighted by molar-refractivity contribution is 6.08. The molecule has 0 aliphatic carbocycles. The van der Waals surface area contributed by atoms with Crippen LogP contribution in [0.15, 0.2) is 0 Å². The predicted molar refractivity (Wildman–Crippen MR) is 49.4 cm³/mol. The van der Waals surface area contributed by atoms with E-state index in [2.05, 4.69) is 0 Å². The Labute approximate surface area is 75.5 Å². The third-order valence-corrected chi connectivity index (χ3v) is 1.17. The Morgan fingerprint density at radius 2 is 2.00 bits per heavy atom. The first-order chi connectivity index (χ1) is 5.37. The van der Waals surface area contributed by atoms with E-state index >= 15 is 0 Å². The SMILES string of the molecule is [B]CCN(C)C(=O)OC(C)(C)C. The van der Waals surface area contributed by atoms with Crippen molar-refractivity contribution in [3.05, 3.63) is 0 Å². The van der Waals surface area contributed by atoms with Crippen LogP contribution in [0.3, 0.4) is 0 Å². The molecule has 0 rings (SSSR count). The summed E-state index contributed by atoms with van der Waals surface area (Å²) < 4.78 is 5.08. The first kappa shape index (κ1) is 11.3. The molecule has 0 aliphatic rings. The van der Waals surface area contributed by atoms with Crippen LogP contribution in [0, 0.1) is 0 Å². The molecule has 0 spiro atoms. The molecule has 0 heterocycles. The van der Waals surface area contributed by atoms with Crippen LogP contribution in [-0.4, -0.2) is 38.0 Å². The second-order valence-electron chi connectivity index (χ2n) is 3.69. The molecule has 3 nitrogen and oxygen atoms in total. The zero-order valence-corrected chi connectivity index (χ0v) is 8.26. The van der Waals surface area contributed by atoms with Gasteiger partial charge >= 0.3 is 6.09 Å². The van der Waals surface area contributed by atoms with Crippen molar-refractivity contribution < 1.29 is 9.53 Å². The Morgan fingerprint density at radius 1 is 1.50 bits per heavy atom. The van der Waals surface area contributed by atoms with Gasteiger partial charge in [-0.2, -0.15) is 0 Å². The van der Waals surface area contributed by atoms with Crippen LogP contribution in [0.5, 0.6) is 0 Å². The monoisotopic (exact) mass is 169 g/mol. The molecule has 0 aromatic heterocycles.